The molecule has 2 unspecified atom stereocenters. The Labute approximate surface area is 142 Å². The number of amides is 1. The zero-order valence-electron chi connectivity index (χ0n) is 12.8. The monoisotopic (exact) mass is 383 g/mol. The fourth-order valence-electron chi connectivity index (χ4n) is 3.11. The summed E-state index contributed by atoms with van der Waals surface area (Å²) in [5.74, 6) is -0.171. The number of nitrogens with zero attached hydrogens (tertiary/aromatic N) is 1. The van der Waals surface area contributed by atoms with E-state index in [-0.39, 0.29) is 17.7 Å². The van der Waals surface area contributed by atoms with Gasteiger partial charge in [0.1, 0.15) is 13.2 Å². The molecule has 0 radical (unpaired) electrons. The molecule has 1 aromatic carbocycles. The molecule has 0 bridgehead atoms. The molecule has 0 saturated carbocycles. The second-order valence-corrected chi connectivity index (χ2v) is 6.80. The lowest BCUT2D eigenvalue weighted by molar-refractivity contribution is -0.145. The third-order valence-electron chi connectivity index (χ3n) is 4.35. The zero-order valence-corrected chi connectivity index (χ0v) is 14.3. The van der Waals surface area contributed by atoms with E-state index in [1.807, 2.05) is 6.92 Å². The molecule has 2 aliphatic rings. The molecule has 0 aliphatic carbocycles. The molecule has 2 aliphatic heterocycles. The number of likely N-dealkylation sites (tertiary alicyclic amines) is 1. The third kappa shape index (κ3) is 3.15. The molecule has 0 aromatic heterocycles. The Hall–Kier alpha value is -1.76. The van der Waals surface area contributed by atoms with Crippen LogP contribution in [0.15, 0.2) is 16.6 Å². The molecule has 3 rings (SSSR count). The minimum atomic E-state index is -0.785. The second-order valence-electron chi connectivity index (χ2n) is 5.94. The lowest BCUT2D eigenvalue weighted by atomic mass is 9.87. The number of piperidine rings is 1. The predicted octanol–water partition coefficient (Wildman–Crippen LogP) is 2.40. The number of carboxylic acids is 1. The Kier molecular flexibility index (Phi) is 4.48. The Morgan fingerprint density at radius 1 is 1.30 bits per heavy atom. The first-order valence-electron chi connectivity index (χ1n) is 7.58. The number of rotatable bonds is 2. The predicted molar refractivity (Wildman–Crippen MR) is 85.9 cm³/mol. The van der Waals surface area contributed by atoms with Crippen LogP contribution in [0.2, 0.25) is 0 Å². The van der Waals surface area contributed by atoms with Gasteiger partial charge in [0.2, 0.25) is 0 Å². The van der Waals surface area contributed by atoms with Gasteiger partial charge in [-0.15, -0.1) is 0 Å². The van der Waals surface area contributed by atoms with E-state index in [4.69, 9.17) is 9.47 Å². The van der Waals surface area contributed by atoms with Crippen LogP contribution >= 0.6 is 15.9 Å². The van der Waals surface area contributed by atoms with E-state index in [0.29, 0.717) is 54.3 Å². The van der Waals surface area contributed by atoms with Crippen molar-refractivity contribution in [2.75, 3.05) is 26.3 Å². The van der Waals surface area contributed by atoms with E-state index < -0.39 is 5.97 Å². The molecule has 6 nitrogen and oxygen atoms in total. The Morgan fingerprint density at radius 2 is 2.04 bits per heavy atom. The van der Waals surface area contributed by atoms with Crippen molar-refractivity contribution in [1.82, 2.24) is 4.90 Å². The normalized spacial score (nSPS) is 23.5. The summed E-state index contributed by atoms with van der Waals surface area (Å²) in [5.41, 5.74) is 0.516. The first-order valence-corrected chi connectivity index (χ1v) is 8.38. The van der Waals surface area contributed by atoms with Crippen LogP contribution in [0.25, 0.3) is 0 Å². The van der Waals surface area contributed by atoms with Gasteiger partial charge in [-0.3, -0.25) is 9.59 Å². The van der Waals surface area contributed by atoms with Crippen molar-refractivity contribution in [2.45, 2.75) is 13.3 Å². The minimum Gasteiger partial charge on any atom is -0.486 e. The third-order valence-corrected chi connectivity index (χ3v) is 4.94. The molecule has 1 fully saturated rings. The highest BCUT2D eigenvalue weighted by molar-refractivity contribution is 9.10. The van der Waals surface area contributed by atoms with Crippen molar-refractivity contribution in [3.8, 4) is 11.5 Å². The van der Waals surface area contributed by atoms with Gasteiger partial charge in [0.25, 0.3) is 5.91 Å². The molecule has 2 heterocycles. The van der Waals surface area contributed by atoms with Gasteiger partial charge in [0.05, 0.1) is 10.4 Å². The molecule has 124 valence electrons. The number of ether oxygens (including phenoxy) is 2. The summed E-state index contributed by atoms with van der Waals surface area (Å²) in [6, 6.07) is 3.42. The smallest absolute Gasteiger partial charge is 0.306 e. The summed E-state index contributed by atoms with van der Waals surface area (Å²) in [5, 5.41) is 9.18. The van der Waals surface area contributed by atoms with E-state index in [1.165, 1.54) is 0 Å². The van der Waals surface area contributed by atoms with Gasteiger partial charge < -0.3 is 19.5 Å². The van der Waals surface area contributed by atoms with Crippen LogP contribution in [0.4, 0.5) is 0 Å². The first kappa shape index (κ1) is 16.1. The molecular weight excluding hydrogens is 366 g/mol. The van der Waals surface area contributed by atoms with E-state index in [9.17, 15) is 14.7 Å². The number of fused-ring (bicyclic) bond motifs is 1. The number of halogens is 1. The summed E-state index contributed by atoms with van der Waals surface area (Å²) in [7, 11) is 0. The van der Waals surface area contributed by atoms with Crippen molar-refractivity contribution < 1.29 is 24.2 Å². The number of aliphatic carboxylic acids is 1. The van der Waals surface area contributed by atoms with E-state index in [0.717, 1.165) is 0 Å². The fourth-order valence-corrected chi connectivity index (χ4v) is 3.67. The summed E-state index contributed by atoms with van der Waals surface area (Å²) in [6.07, 6.45) is 0.480. The molecule has 1 amide bonds. The van der Waals surface area contributed by atoms with Crippen LogP contribution in [0.1, 0.15) is 23.7 Å². The maximum atomic E-state index is 12.7. The van der Waals surface area contributed by atoms with Crippen molar-refractivity contribution in [2.24, 2.45) is 11.8 Å². The van der Waals surface area contributed by atoms with Crippen LogP contribution in [0.3, 0.4) is 0 Å². The highest BCUT2D eigenvalue weighted by atomic mass is 79.9. The molecular formula is C16H18BrNO5. The standard InChI is InChI=1S/C16H18BrNO5/c1-9-8-18(3-2-11(9)16(20)21)15(19)10-6-12(17)14-13(7-10)22-4-5-23-14/h6-7,9,11H,2-5,8H2,1H3,(H,20,21). The highest BCUT2D eigenvalue weighted by Gasteiger charge is 2.33. The molecule has 7 heteroatoms. The Morgan fingerprint density at radius 3 is 2.74 bits per heavy atom. The van der Waals surface area contributed by atoms with Crippen molar-refractivity contribution in [1.29, 1.82) is 0 Å². The number of carbonyl (C=O) groups excluding carboxylic acids is 1. The summed E-state index contributed by atoms with van der Waals surface area (Å²) < 4.78 is 11.8. The van der Waals surface area contributed by atoms with Crippen LogP contribution in [0.5, 0.6) is 11.5 Å². The number of carboxylic acid groups (broad SMARTS) is 1. The first-order chi connectivity index (χ1) is 11.0. The summed E-state index contributed by atoms with van der Waals surface area (Å²) in [6.45, 7) is 3.71. The van der Waals surface area contributed by atoms with Crippen LogP contribution in [-0.2, 0) is 4.79 Å². The van der Waals surface area contributed by atoms with Crippen LogP contribution < -0.4 is 9.47 Å². The maximum Gasteiger partial charge on any atom is 0.306 e. The highest BCUT2D eigenvalue weighted by Crippen LogP contribution is 2.39. The lowest BCUT2D eigenvalue weighted by Gasteiger charge is -2.35. The topological polar surface area (TPSA) is 76.1 Å². The van der Waals surface area contributed by atoms with Crippen molar-refractivity contribution in [3.63, 3.8) is 0 Å². The quantitative estimate of drug-likeness (QED) is 0.848. The molecule has 1 saturated heterocycles. The number of hydrogen-bond acceptors (Lipinski definition) is 4. The maximum absolute atomic E-state index is 12.7. The van der Waals surface area contributed by atoms with Gasteiger partial charge in [-0.05, 0) is 40.4 Å². The van der Waals surface area contributed by atoms with Gasteiger partial charge in [-0.1, -0.05) is 6.92 Å². The Balaban J connectivity index is 1.79. The van der Waals surface area contributed by atoms with Gasteiger partial charge in [0.15, 0.2) is 11.5 Å². The van der Waals surface area contributed by atoms with E-state index in [1.54, 1.807) is 17.0 Å². The average Bonchev–Trinajstić information content (AvgIpc) is 2.53. The number of benzene rings is 1. The van der Waals surface area contributed by atoms with Gasteiger partial charge >= 0.3 is 5.97 Å². The zero-order chi connectivity index (χ0) is 16.6. The summed E-state index contributed by atoms with van der Waals surface area (Å²) >= 11 is 3.41. The summed E-state index contributed by atoms with van der Waals surface area (Å²) in [4.78, 5) is 25.6. The average molecular weight is 384 g/mol. The van der Waals surface area contributed by atoms with Crippen LogP contribution in [-0.4, -0.2) is 48.2 Å². The second kappa shape index (κ2) is 6.39. The van der Waals surface area contributed by atoms with Crippen molar-refractivity contribution >= 4 is 27.8 Å². The SMILES string of the molecule is CC1CN(C(=O)c2cc(Br)c3c(c2)OCCO3)CCC1C(=O)O. The number of hydrogen-bond donors (Lipinski definition) is 1. The Bertz CT molecular complexity index is 648. The van der Waals surface area contributed by atoms with E-state index >= 15 is 0 Å². The lowest BCUT2D eigenvalue weighted by Crippen LogP contribution is -2.45. The van der Waals surface area contributed by atoms with Gasteiger partial charge in [0, 0.05) is 18.7 Å². The molecule has 1 aromatic rings. The molecule has 2 atom stereocenters. The molecule has 0 spiro atoms. The van der Waals surface area contributed by atoms with E-state index in [2.05, 4.69) is 15.9 Å². The van der Waals surface area contributed by atoms with Gasteiger partial charge in [-0.25, -0.2) is 0 Å². The number of carbonyl (C=O) groups is 2. The minimum absolute atomic E-state index is 0.0640. The van der Waals surface area contributed by atoms with Gasteiger partial charge in [-0.2, -0.15) is 0 Å². The fraction of sp³-hybridized carbons (Fsp3) is 0.500. The molecule has 1 N–H and O–H groups in total. The van der Waals surface area contributed by atoms with Crippen LogP contribution in [0, 0.1) is 11.8 Å². The molecule has 23 heavy (non-hydrogen) atoms. The largest absolute Gasteiger partial charge is 0.486 e. The van der Waals surface area contributed by atoms with Crippen molar-refractivity contribution in [3.05, 3.63) is 22.2 Å².